The molecule has 2 aliphatic rings. The Labute approximate surface area is 209 Å². The maximum atomic E-state index is 13.2. The van der Waals surface area contributed by atoms with Crippen LogP contribution >= 0.6 is 0 Å². The van der Waals surface area contributed by atoms with E-state index in [1.807, 2.05) is 32.0 Å². The molecule has 0 unspecified atom stereocenters. The first-order chi connectivity index (χ1) is 16.7. The van der Waals surface area contributed by atoms with Crippen LogP contribution in [-0.2, 0) is 16.0 Å². The highest BCUT2D eigenvalue weighted by molar-refractivity contribution is 6.09. The number of urea groups is 1. The van der Waals surface area contributed by atoms with Gasteiger partial charge in [0, 0.05) is 6.54 Å². The highest BCUT2D eigenvalue weighted by Crippen LogP contribution is 2.45. The van der Waals surface area contributed by atoms with Gasteiger partial charge in [-0.3, -0.25) is 14.5 Å². The molecule has 0 radical (unpaired) electrons. The second-order valence-corrected chi connectivity index (χ2v) is 10.3. The van der Waals surface area contributed by atoms with Crippen molar-refractivity contribution in [2.75, 3.05) is 26.3 Å². The van der Waals surface area contributed by atoms with Crippen molar-refractivity contribution in [2.45, 2.75) is 78.7 Å². The molecule has 0 aromatic heterocycles. The largest absolute Gasteiger partial charge is 0.490 e. The quantitative estimate of drug-likeness (QED) is 0.459. The highest BCUT2D eigenvalue weighted by atomic mass is 16.5. The molecule has 2 fully saturated rings. The van der Waals surface area contributed by atoms with E-state index >= 15 is 0 Å². The lowest BCUT2D eigenvalue weighted by Gasteiger charge is -2.42. The fourth-order valence-electron chi connectivity index (χ4n) is 5.14. The van der Waals surface area contributed by atoms with Gasteiger partial charge in [0.1, 0.15) is 12.1 Å². The van der Waals surface area contributed by atoms with Crippen LogP contribution in [0.25, 0.3) is 0 Å². The number of rotatable bonds is 11. The van der Waals surface area contributed by atoms with Crippen LogP contribution in [0.1, 0.15) is 72.3 Å². The summed E-state index contributed by atoms with van der Waals surface area (Å²) < 4.78 is 11.2. The van der Waals surface area contributed by atoms with E-state index in [1.54, 1.807) is 0 Å². The van der Waals surface area contributed by atoms with Crippen molar-refractivity contribution < 1.29 is 23.9 Å². The van der Waals surface area contributed by atoms with Gasteiger partial charge in [0.05, 0.1) is 13.2 Å². The molecule has 3 rings (SSSR count). The zero-order valence-corrected chi connectivity index (χ0v) is 21.9. The Morgan fingerprint density at radius 3 is 2.40 bits per heavy atom. The van der Waals surface area contributed by atoms with Crippen LogP contribution in [0.3, 0.4) is 0 Å². The lowest BCUT2D eigenvalue weighted by molar-refractivity contribution is -0.136. The maximum absolute atomic E-state index is 13.2. The van der Waals surface area contributed by atoms with Crippen LogP contribution in [0.2, 0.25) is 0 Å². The molecule has 8 heteroatoms. The topological polar surface area (TPSA) is 97.0 Å². The summed E-state index contributed by atoms with van der Waals surface area (Å²) in [7, 11) is 0. The molecule has 1 heterocycles. The summed E-state index contributed by atoms with van der Waals surface area (Å²) in [4.78, 5) is 39.4. The molecule has 1 saturated carbocycles. The predicted molar refractivity (Wildman–Crippen MR) is 134 cm³/mol. The summed E-state index contributed by atoms with van der Waals surface area (Å²) in [5.74, 6) is 1.30. The smallest absolute Gasteiger partial charge is 0.325 e. The van der Waals surface area contributed by atoms with E-state index in [0.717, 1.165) is 29.7 Å². The van der Waals surface area contributed by atoms with Gasteiger partial charge in [-0.25, -0.2) is 4.79 Å². The molecular weight excluding hydrogens is 446 g/mol. The van der Waals surface area contributed by atoms with E-state index in [1.165, 1.54) is 0 Å². The van der Waals surface area contributed by atoms with Crippen molar-refractivity contribution in [3.63, 3.8) is 0 Å². The summed E-state index contributed by atoms with van der Waals surface area (Å²) in [5, 5.41) is 5.74. The van der Waals surface area contributed by atoms with Gasteiger partial charge >= 0.3 is 6.03 Å². The standard InChI is InChI=1S/C27H41N3O5/c1-6-26(4,5)20-11-14-27(15-12-20)24(32)30(25(33)29-27)18-23(31)28-16-13-19-9-10-21(34-7-2)22(17-19)35-8-3/h9-10,17,20H,6-8,11-16,18H2,1-5H3,(H,28,31)(H,29,33). The van der Waals surface area contributed by atoms with Crippen molar-refractivity contribution in [1.29, 1.82) is 0 Å². The summed E-state index contributed by atoms with van der Waals surface area (Å²) >= 11 is 0. The Morgan fingerprint density at radius 1 is 1.11 bits per heavy atom. The van der Waals surface area contributed by atoms with Crippen LogP contribution in [-0.4, -0.2) is 54.6 Å². The Morgan fingerprint density at radius 2 is 1.77 bits per heavy atom. The monoisotopic (exact) mass is 487 g/mol. The van der Waals surface area contributed by atoms with E-state index in [4.69, 9.17) is 9.47 Å². The number of carbonyl (C=O) groups excluding carboxylic acids is 3. The number of ether oxygens (including phenoxy) is 2. The van der Waals surface area contributed by atoms with Crippen LogP contribution in [0, 0.1) is 11.3 Å². The average molecular weight is 488 g/mol. The highest BCUT2D eigenvalue weighted by Gasteiger charge is 2.53. The Bertz CT molecular complexity index is 921. The van der Waals surface area contributed by atoms with Crippen molar-refractivity contribution in [2.24, 2.45) is 11.3 Å². The molecule has 35 heavy (non-hydrogen) atoms. The molecular formula is C27H41N3O5. The van der Waals surface area contributed by atoms with Crippen molar-refractivity contribution >= 4 is 17.8 Å². The number of carbonyl (C=O) groups is 3. The number of amides is 4. The first-order valence-electron chi connectivity index (χ1n) is 12.9. The molecule has 1 spiro atoms. The van der Waals surface area contributed by atoms with Gasteiger partial charge in [0.2, 0.25) is 5.91 Å². The van der Waals surface area contributed by atoms with Crippen LogP contribution in [0.5, 0.6) is 11.5 Å². The Kier molecular flexibility index (Phi) is 8.67. The molecule has 1 aromatic carbocycles. The minimum absolute atomic E-state index is 0.222. The van der Waals surface area contributed by atoms with Crippen LogP contribution < -0.4 is 20.1 Å². The minimum Gasteiger partial charge on any atom is -0.490 e. The van der Waals surface area contributed by atoms with E-state index in [-0.39, 0.29) is 23.8 Å². The lowest BCUT2D eigenvalue weighted by Crippen LogP contribution is -2.51. The third-order valence-corrected chi connectivity index (χ3v) is 7.75. The molecule has 4 amide bonds. The molecule has 1 aliphatic carbocycles. The molecule has 1 aromatic rings. The lowest BCUT2D eigenvalue weighted by atomic mass is 9.65. The molecule has 8 nitrogen and oxygen atoms in total. The molecule has 0 atom stereocenters. The zero-order valence-electron chi connectivity index (χ0n) is 21.9. The third-order valence-electron chi connectivity index (χ3n) is 7.75. The van der Waals surface area contributed by atoms with E-state index in [2.05, 4.69) is 31.4 Å². The van der Waals surface area contributed by atoms with E-state index in [9.17, 15) is 14.4 Å². The second-order valence-electron chi connectivity index (χ2n) is 10.3. The van der Waals surface area contributed by atoms with Gasteiger partial charge in [-0.1, -0.05) is 33.3 Å². The first-order valence-corrected chi connectivity index (χ1v) is 12.9. The molecule has 2 N–H and O–H groups in total. The normalized spacial score (nSPS) is 22.3. The number of imide groups is 1. The summed E-state index contributed by atoms with van der Waals surface area (Å²) in [6.07, 6.45) is 4.74. The van der Waals surface area contributed by atoms with Crippen molar-refractivity contribution in [3.05, 3.63) is 23.8 Å². The predicted octanol–water partition coefficient (Wildman–Crippen LogP) is 4.06. The summed E-state index contributed by atoms with van der Waals surface area (Å²) in [6.45, 7) is 11.8. The molecule has 0 bridgehead atoms. The maximum Gasteiger partial charge on any atom is 0.325 e. The number of hydrogen-bond donors (Lipinski definition) is 2. The fourth-order valence-corrected chi connectivity index (χ4v) is 5.14. The number of hydrogen-bond acceptors (Lipinski definition) is 5. The van der Waals surface area contributed by atoms with Gasteiger partial charge in [0.25, 0.3) is 5.91 Å². The molecule has 1 saturated heterocycles. The Hall–Kier alpha value is -2.77. The SMILES string of the molecule is CCOc1ccc(CCNC(=O)CN2C(=O)NC3(CCC(C(C)(C)CC)CC3)C2=O)cc1OCC. The van der Waals surface area contributed by atoms with Crippen molar-refractivity contribution in [3.8, 4) is 11.5 Å². The van der Waals surface area contributed by atoms with Crippen molar-refractivity contribution in [1.82, 2.24) is 15.5 Å². The Balaban J connectivity index is 1.51. The van der Waals surface area contributed by atoms with Crippen LogP contribution in [0.15, 0.2) is 18.2 Å². The van der Waals surface area contributed by atoms with Crippen LogP contribution in [0.4, 0.5) is 4.79 Å². The minimum atomic E-state index is -0.852. The fraction of sp³-hybridized carbons (Fsp3) is 0.667. The number of nitrogens with zero attached hydrogens (tertiary/aromatic N) is 1. The van der Waals surface area contributed by atoms with E-state index < -0.39 is 11.6 Å². The van der Waals surface area contributed by atoms with Gasteiger partial charge in [-0.15, -0.1) is 0 Å². The van der Waals surface area contributed by atoms with Gasteiger partial charge < -0.3 is 20.1 Å². The second kappa shape index (κ2) is 11.3. The van der Waals surface area contributed by atoms with Gasteiger partial charge in [0.15, 0.2) is 11.5 Å². The number of nitrogens with one attached hydrogen (secondary N) is 2. The third kappa shape index (κ3) is 6.08. The summed E-state index contributed by atoms with van der Waals surface area (Å²) in [5.41, 5.74) is 0.368. The first kappa shape index (κ1) is 26.8. The molecule has 1 aliphatic heterocycles. The van der Waals surface area contributed by atoms with Gasteiger partial charge in [-0.2, -0.15) is 0 Å². The molecule has 194 valence electrons. The number of benzene rings is 1. The van der Waals surface area contributed by atoms with Gasteiger partial charge in [-0.05, 0) is 75.0 Å². The van der Waals surface area contributed by atoms with E-state index in [0.29, 0.717) is 56.4 Å². The summed E-state index contributed by atoms with van der Waals surface area (Å²) in [6, 6.07) is 5.26. The average Bonchev–Trinajstić information content (AvgIpc) is 3.05. The zero-order chi connectivity index (χ0) is 25.6.